The number of hydrogen-bond acceptors (Lipinski definition) is 6. The minimum atomic E-state index is -0.216. The van der Waals surface area contributed by atoms with Crippen molar-refractivity contribution in [3.8, 4) is 22.8 Å². The molecule has 0 unspecified atom stereocenters. The second-order valence-corrected chi connectivity index (χ2v) is 9.21. The van der Waals surface area contributed by atoms with Crippen molar-refractivity contribution in [1.29, 1.82) is 0 Å². The van der Waals surface area contributed by atoms with Gasteiger partial charge in [-0.15, -0.1) is 10.2 Å². The molecule has 8 nitrogen and oxygen atoms in total. The van der Waals surface area contributed by atoms with E-state index in [0.717, 1.165) is 22.6 Å². The number of aromatic nitrogens is 3. The molecule has 0 radical (unpaired) electrons. The van der Waals surface area contributed by atoms with Gasteiger partial charge in [0.25, 0.3) is 0 Å². The van der Waals surface area contributed by atoms with Gasteiger partial charge in [-0.1, -0.05) is 47.7 Å². The zero-order valence-corrected chi connectivity index (χ0v) is 20.8. The van der Waals surface area contributed by atoms with Crippen molar-refractivity contribution >= 4 is 35.0 Å². The van der Waals surface area contributed by atoms with E-state index in [1.54, 1.807) is 6.07 Å². The van der Waals surface area contributed by atoms with Gasteiger partial charge in [-0.3, -0.25) is 14.2 Å². The molecule has 0 bridgehead atoms. The van der Waals surface area contributed by atoms with E-state index in [-0.39, 0.29) is 24.1 Å². The fourth-order valence-corrected chi connectivity index (χ4v) is 4.91. The zero-order valence-electron chi connectivity index (χ0n) is 20.0. The monoisotopic (exact) mass is 499 g/mol. The SMILES string of the molecule is CCOc1ccc(-n2c(SCC(=O)N3CC(=O)Nc4ccccc43)nnc2-c2cccc(C)c2)cc1. The smallest absolute Gasteiger partial charge is 0.244 e. The number of nitrogens with one attached hydrogen (secondary N) is 1. The molecule has 0 saturated heterocycles. The summed E-state index contributed by atoms with van der Waals surface area (Å²) in [6.45, 7) is 4.54. The number of carbonyl (C=O) groups excluding carboxylic acids is 2. The molecule has 2 amide bonds. The van der Waals surface area contributed by atoms with Crippen LogP contribution in [-0.2, 0) is 9.59 Å². The first-order valence-electron chi connectivity index (χ1n) is 11.6. The molecule has 2 heterocycles. The molecule has 3 aromatic carbocycles. The highest BCUT2D eigenvalue weighted by Gasteiger charge is 2.27. The predicted molar refractivity (Wildman–Crippen MR) is 141 cm³/mol. The van der Waals surface area contributed by atoms with Gasteiger partial charge in [-0.05, 0) is 56.3 Å². The Morgan fingerprint density at radius 1 is 1.06 bits per heavy atom. The van der Waals surface area contributed by atoms with E-state index in [4.69, 9.17) is 4.74 Å². The maximum atomic E-state index is 13.2. The molecule has 0 fully saturated rings. The van der Waals surface area contributed by atoms with Crippen molar-refractivity contribution in [1.82, 2.24) is 14.8 Å². The van der Waals surface area contributed by atoms with Crippen molar-refractivity contribution < 1.29 is 14.3 Å². The Morgan fingerprint density at radius 2 is 1.86 bits per heavy atom. The number of aryl methyl sites for hydroxylation is 1. The third-order valence-corrected chi connectivity index (χ3v) is 6.63. The molecule has 0 spiro atoms. The van der Waals surface area contributed by atoms with Gasteiger partial charge >= 0.3 is 0 Å². The van der Waals surface area contributed by atoms with Crippen LogP contribution in [0.15, 0.2) is 78.0 Å². The summed E-state index contributed by atoms with van der Waals surface area (Å²) in [6, 6.07) is 23.1. The Bertz CT molecular complexity index is 1420. The lowest BCUT2D eigenvalue weighted by Gasteiger charge is -2.29. The molecule has 182 valence electrons. The number of nitrogens with zero attached hydrogens (tertiary/aromatic N) is 4. The molecule has 5 rings (SSSR count). The van der Waals surface area contributed by atoms with Crippen LogP contribution in [-0.4, -0.2) is 45.5 Å². The third kappa shape index (κ3) is 4.83. The molecule has 1 N–H and O–H groups in total. The van der Waals surface area contributed by atoms with Gasteiger partial charge < -0.3 is 15.0 Å². The number of carbonyl (C=O) groups is 2. The number of para-hydroxylation sites is 2. The largest absolute Gasteiger partial charge is 0.494 e. The number of ether oxygens (including phenoxy) is 1. The second kappa shape index (κ2) is 10.2. The van der Waals surface area contributed by atoms with Crippen molar-refractivity contribution in [3.63, 3.8) is 0 Å². The molecule has 0 aliphatic carbocycles. The maximum absolute atomic E-state index is 13.2. The fraction of sp³-hybridized carbons (Fsp3) is 0.185. The third-order valence-electron chi connectivity index (χ3n) is 5.71. The topological polar surface area (TPSA) is 89.4 Å². The minimum Gasteiger partial charge on any atom is -0.494 e. The van der Waals surface area contributed by atoms with Crippen LogP contribution in [0.3, 0.4) is 0 Å². The van der Waals surface area contributed by atoms with Crippen LogP contribution >= 0.6 is 11.8 Å². The fourth-order valence-electron chi connectivity index (χ4n) is 4.09. The summed E-state index contributed by atoms with van der Waals surface area (Å²) >= 11 is 1.29. The Hall–Kier alpha value is -4.11. The van der Waals surface area contributed by atoms with Crippen LogP contribution in [0, 0.1) is 6.92 Å². The lowest BCUT2D eigenvalue weighted by molar-refractivity contribution is -0.120. The van der Waals surface area contributed by atoms with E-state index in [1.165, 1.54) is 16.7 Å². The molecule has 0 saturated carbocycles. The Kier molecular flexibility index (Phi) is 6.73. The summed E-state index contributed by atoms with van der Waals surface area (Å²) in [5.74, 6) is 1.16. The molecule has 1 aliphatic heterocycles. The van der Waals surface area contributed by atoms with E-state index in [0.29, 0.717) is 29.0 Å². The van der Waals surface area contributed by atoms with Crippen molar-refractivity contribution in [3.05, 3.63) is 78.4 Å². The predicted octanol–water partition coefficient (Wildman–Crippen LogP) is 4.72. The van der Waals surface area contributed by atoms with Crippen molar-refractivity contribution in [2.24, 2.45) is 0 Å². The van der Waals surface area contributed by atoms with Gasteiger partial charge in [-0.25, -0.2) is 0 Å². The number of amides is 2. The summed E-state index contributed by atoms with van der Waals surface area (Å²) in [5.41, 5.74) is 4.22. The maximum Gasteiger partial charge on any atom is 0.244 e. The molecular weight excluding hydrogens is 474 g/mol. The van der Waals surface area contributed by atoms with Gasteiger partial charge in [0.05, 0.1) is 23.7 Å². The Labute approximate surface area is 213 Å². The van der Waals surface area contributed by atoms with E-state index < -0.39 is 0 Å². The van der Waals surface area contributed by atoms with Crippen LogP contribution in [0.5, 0.6) is 5.75 Å². The molecule has 1 aliphatic rings. The summed E-state index contributed by atoms with van der Waals surface area (Å²) in [7, 11) is 0. The molecule has 4 aromatic rings. The summed E-state index contributed by atoms with van der Waals surface area (Å²) < 4.78 is 7.54. The van der Waals surface area contributed by atoms with Crippen molar-refractivity contribution in [2.45, 2.75) is 19.0 Å². The van der Waals surface area contributed by atoms with Crippen LogP contribution in [0.1, 0.15) is 12.5 Å². The van der Waals surface area contributed by atoms with Gasteiger partial charge in [0.15, 0.2) is 11.0 Å². The standard InChI is InChI=1S/C27H25N5O3S/c1-3-35-21-13-11-20(12-14-21)32-26(19-8-6-7-18(2)15-19)29-30-27(32)36-17-25(34)31-16-24(33)28-22-9-4-5-10-23(22)31/h4-15H,3,16-17H2,1-2H3,(H,28,33). The molecule has 0 atom stereocenters. The molecular formula is C27H25N5O3S. The van der Waals surface area contributed by atoms with Crippen LogP contribution in [0.2, 0.25) is 0 Å². The number of hydrogen-bond donors (Lipinski definition) is 1. The average Bonchev–Trinajstić information content (AvgIpc) is 3.31. The first-order chi connectivity index (χ1) is 17.5. The van der Waals surface area contributed by atoms with E-state index in [2.05, 4.69) is 21.6 Å². The normalized spacial score (nSPS) is 12.7. The van der Waals surface area contributed by atoms with E-state index >= 15 is 0 Å². The zero-order chi connectivity index (χ0) is 25.1. The molecule has 9 heteroatoms. The Balaban J connectivity index is 1.45. The number of benzene rings is 3. The van der Waals surface area contributed by atoms with Gasteiger partial charge in [0, 0.05) is 11.3 Å². The highest BCUT2D eigenvalue weighted by atomic mass is 32.2. The number of fused-ring (bicyclic) bond motifs is 1. The molecule has 36 heavy (non-hydrogen) atoms. The highest BCUT2D eigenvalue weighted by molar-refractivity contribution is 7.99. The minimum absolute atomic E-state index is 0.0173. The number of rotatable bonds is 7. The first kappa shape index (κ1) is 23.6. The quantitative estimate of drug-likeness (QED) is 0.370. The number of anilines is 2. The van der Waals surface area contributed by atoms with Gasteiger partial charge in [-0.2, -0.15) is 0 Å². The summed E-state index contributed by atoms with van der Waals surface area (Å²) in [4.78, 5) is 26.9. The van der Waals surface area contributed by atoms with Crippen LogP contribution < -0.4 is 15.0 Å². The molecule has 1 aromatic heterocycles. The lowest BCUT2D eigenvalue weighted by Crippen LogP contribution is -2.43. The Morgan fingerprint density at radius 3 is 2.64 bits per heavy atom. The van der Waals surface area contributed by atoms with Crippen LogP contribution in [0.25, 0.3) is 17.1 Å². The number of thioether (sulfide) groups is 1. The highest BCUT2D eigenvalue weighted by Crippen LogP contribution is 2.32. The second-order valence-electron chi connectivity index (χ2n) is 8.27. The first-order valence-corrected chi connectivity index (χ1v) is 12.6. The van der Waals surface area contributed by atoms with Gasteiger partial charge in [0.1, 0.15) is 12.3 Å². The van der Waals surface area contributed by atoms with Gasteiger partial charge in [0.2, 0.25) is 11.8 Å². The van der Waals surface area contributed by atoms with E-state index in [1.807, 2.05) is 79.1 Å². The van der Waals surface area contributed by atoms with Crippen molar-refractivity contribution in [2.75, 3.05) is 29.1 Å². The summed E-state index contributed by atoms with van der Waals surface area (Å²) in [5, 5.41) is 12.3. The average molecular weight is 500 g/mol. The lowest BCUT2D eigenvalue weighted by atomic mass is 10.1. The van der Waals surface area contributed by atoms with E-state index in [9.17, 15) is 9.59 Å². The summed E-state index contributed by atoms with van der Waals surface area (Å²) in [6.07, 6.45) is 0. The van der Waals surface area contributed by atoms with Crippen LogP contribution in [0.4, 0.5) is 11.4 Å².